The lowest BCUT2D eigenvalue weighted by Crippen LogP contribution is -2.10. The minimum atomic E-state index is 0.0115. The molecular weight excluding hydrogens is 204 g/mol. The number of hydrogen-bond donors (Lipinski definition) is 0. The Kier molecular flexibility index (Phi) is 3.28. The van der Waals surface area contributed by atoms with E-state index in [1.165, 1.54) is 0 Å². The summed E-state index contributed by atoms with van der Waals surface area (Å²) in [5, 5.41) is 0. The zero-order valence-corrected chi connectivity index (χ0v) is 8.58. The van der Waals surface area contributed by atoms with Gasteiger partial charge in [0.15, 0.2) is 0 Å². The molecular formula is C11H10N4O. The number of ketones is 1. The third kappa shape index (κ3) is 2.91. The van der Waals surface area contributed by atoms with Gasteiger partial charge >= 0.3 is 0 Å². The predicted octanol–water partition coefficient (Wildman–Crippen LogP) is 0.621. The van der Waals surface area contributed by atoms with Crippen molar-refractivity contribution in [2.45, 2.75) is 12.8 Å². The Morgan fingerprint density at radius 1 is 0.812 bits per heavy atom. The maximum Gasteiger partial charge on any atom is 0.148 e. The maximum absolute atomic E-state index is 11.6. The number of carbonyl (C=O) groups is 1. The number of hydrogen-bond acceptors (Lipinski definition) is 5. The van der Waals surface area contributed by atoms with Crippen molar-refractivity contribution in [3.05, 3.63) is 48.6 Å². The Labute approximate surface area is 92.6 Å². The molecule has 5 heteroatoms. The first-order valence-electron chi connectivity index (χ1n) is 4.88. The van der Waals surface area contributed by atoms with Crippen LogP contribution in [0.3, 0.4) is 0 Å². The fourth-order valence-electron chi connectivity index (χ4n) is 1.26. The molecule has 0 saturated carbocycles. The molecule has 0 aromatic carbocycles. The zero-order valence-electron chi connectivity index (χ0n) is 8.58. The summed E-state index contributed by atoms with van der Waals surface area (Å²) in [6.45, 7) is 0. The van der Waals surface area contributed by atoms with E-state index in [1.54, 1.807) is 36.9 Å². The van der Waals surface area contributed by atoms with Gasteiger partial charge in [0.25, 0.3) is 0 Å². The number of Topliss-reactive ketones (excluding diaryl/α,β-unsaturated/α-hetero) is 1. The number of aromatic nitrogens is 4. The Morgan fingerprint density at radius 2 is 1.19 bits per heavy atom. The highest BCUT2D eigenvalue weighted by Gasteiger charge is 2.08. The second-order valence-electron chi connectivity index (χ2n) is 3.22. The maximum atomic E-state index is 11.6. The summed E-state index contributed by atoms with van der Waals surface area (Å²) in [4.78, 5) is 27.6. The van der Waals surface area contributed by atoms with Crippen LogP contribution >= 0.6 is 0 Å². The van der Waals surface area contributed by atoms with Gasteiger partial charge in [-0.3, -0.25) is 4.79 Å². The molecule has 0 bridgehead atoms. The molecule has 0 aliphatic rings. The molecule has 0 amide bonds. The van der Waals surface area contributed by atoms with Crippen LogP contribution in [0.4, 0.5) is 0 Å². The normalized spacial score (nSPS) is 10.0. The second kappa shape index (κ2) is 5.06. The molecule has 0 saturated heterocycles. The molecule has 80 valence electrons. The highest BCUT2D eigenvalue weighted by Crippen LogP contribution is 1.96. The van der Waals surface area contributed by atoms with Crippen LogP contribution in [-0.2, 0) is 17.6 Å². The molecule has 0 aliphatic heterocycles. The van der Waals surface area contributed by atoms with Crippen LogP contribution in [0.2, 0.25) is 0 Å². The Balaban J connectivity index is 1.95. The van der Waals surface area contributed by atoms with Gasteiger partial charge in [0, 0.05) is 24.8 Å². The van der Waals surface area contributed by atoms with Crippen molar-refractivity contribution >= 4 is 5.78 Å². The molecule has 0 spiro atoms. The Hall–Kier alpha value is -2.17. The lowest BCUT2D eigenvalue weighted by atomic mass is 10.2. The molecule has 16 heavy (non-hydrogen) atoms. The van der Waals surface area contributed by atoms with Crippen LogP contribution in [0.15, 0.2) is 36.9 Å². The van der Waals surface area contributed by atoms with Gasteiger partial charge in [-0.2, -0.15) is 0 Å². The Morgan fingerprint density at radius 3 is 1.56 bits per heavy atom. The van der Waals surface area contributed by atoms with Crippen molar-refractivity contribution in [3.63, 3.8) is 0 Å². The molecule has 2 aromatic rings. The Bertz CT molecular complexity index is 414. The van der Waals surface area contributed by atoms with E-state index in [0.717, 1.165) is 0 Å². The fourth-order valence-corrected chi connectivity index (χ4v) is 1.26. The number of rotatable bonds is 4. The van der Waals surface area contributed by atoms with Gasteiger partial charge in [0.2, 0.25) is 0 Å². The number of nitrogens with zero attached hydrogens (tertiary/aromatic N) is 4. The first kappa shape index (κ1) is 10.4. The quantitative estimate of drug-likeness (QED) is 0.746. The van der Waals surface area contributed by atoms with Gasteiger partial charge < -0.3 is 0 Å². The third-order valence-electron chi connectivity index (χ3n) is 1.95. The van der Waals surface area contributed by atoms with Crippen molar-refractivity contribution in [2.75, 3.05) is 0 Å². The van der Waals surface area contributed by atoms with Gasteiger partial charge in [-0.15, -0.1) is 0 Å². The van der Waals surface area contributed by atoms with E-state index in [9.17, 15) is 4.79 Å². The second-order valence-corrected chi connectivity index (χ2v) is 3.22. The topological polar surface area (TPSA) is 68.6 Å². The standard InChI is InChI=1S/C11H10N4O/c16-9(7-10-12-3-1-4-13-10)8-11-14-5-2-6-15-11/h1-6H,7-8H2. The third-order valence-corrected chi connectivity index (χ3v) is 1.95. The first-order valence-corrected chi connectivity index (χ1v) is 4.88. The van der Waals surface area contributed by atoms with Gasteiger partial charge in [-0.1, -0.05) is 0 Å². The highest BCUT2D eigenvalue weighted by molar-refractivity contribution is 5.81. The van der Waals surface area contributed by atoms with E-state index in [-0.39, 0.29) is 18.6 Å². The van der Waals surface area contributed by atoms with Crippen LogP contribution in [0, 0.1) is 0 Å². The monoisotopic (exact) mass is 214 g/mol. The van der Waals surface area contributed by atoms with Crippen molar-refractivity contribution in [2.24, 2.45) is 0 Å². The highest BCUT2D eigenvalue weighted by atomic mass is 16.1. The van der Waals surface area contributed by atoms with E-state index < -0.39 is 0 Å². The smallest absolute Gasteiger partial charge is 0.148 e. The average Bonchev–Trinajstić information content (AvgIpc) is 2.31. The van der Waals surface area contributed by atoms with E-state index in [0.29, 0.717) is 11.6 Å². The van der Waals surface area contributed by atoms with E-state index >= 15 is 0 Å². The van der Waals surface area contributed by atoms with E-state index in [2.05, 4.69) is 19.9 Å². The molecule has 0 atom stereocenters. The summed E-state index contributed by atoms with van der Waals surface area (Å²) >= 11 is 0. The minimum Gasteiger partial charge on any atom is -0.299 e. The van der Waals surface area contributed by atoms with Crippen molar-refractivity contribution in [3.8, 4) is 0 Å². The zero-order chi connectivity index (χ0) is 11.2. The van der Waals surface area contributed by atoms with Crippen LogP contribution in [0.1, 0.15) is 11.6 Å². The molecule has 2 aromatic heterocycles. The van der Waals surface area contributed by atoms with E-state index in [4.69, 9.17) is 0 Å². The molecule has 2 rings (SSSR count). The minimum absolute atomic E-state index is 0.0115. The van der Waals surface area contributed by atoms with Gasteiger partial charge in [-0.25, -0.2) is 19.9 Å². The van der Waals surface area contributed by atoms with E-state index in [1.807, 2.05) is 0 Å². The summed E-state index contributed by atoms with van der Waals surface area (Å²) in [6.07, 6.45) is 6.92. The molecule has 0 aliphatic carbocycles. The van der Waals surface area contributed by atoms with Gasteiger partial charge in [0.1, 0.15) is 17.4 Å². The summed E-state index contributed by atoms with van der Waals surface area (Å²) in [5.74, 6) is 1.07. The summed E-state index contributed by atoms with van der Waals surface area (Å²) < 4.78 is 0. The van der Waals surface area contributed by atoms with Crippen LogP contribution < -0.4 is 0 Å². The molecule has 2 heterocycles. The number of carbonyl (C=O) groups excluding carboxylic acids is 1. The fraction of sp³-hybridized carbons (Fsp3) is 0.182. The lowest BCUT2D eigenvalue weighted by Gasteiger charge is -1.98. The van der Waals surface area contributed by atoms with Crippen molar-refractivity contribution < 1.29 is 4.79 Å². The molecule has 0 radical (unpaired) electrons. The SMILES string of the molecule is O=C(Cc1ncccn1)Cc1ncccn1. The molecule has 0 fully saturated rings. The summed E-state index contributed by atoms with van der Waals surface area (Å²) in [7, 11) is 0. The van der Waals surface area contributed by atoms with Crippen LogP contribution in [0.25, 0.3) is 0 Å². The first-order chi connectivity index (χ1) is 7.84. The van der Waals surface area contributed by atoms with Crippen molar-refractivity contribution in [1.29, 1.82) is 0 Å². The van der Waals surface area contributed by atoms with Gasteiger partial charge in [-0.05, 0) is 12.1 Å². The largest absolute Gasteiger partial charge is 0.299 e. The summed E-state index contributed by atoms with van der Waals surface area (Å²) in [5.41, 5.74) is 0. The van der Waals surface area contributed by atoms with Crippen molar-refractivity contribution in [1.82, 2.24) is 19.9 Å². The lowest BCUT2D eigenvalue weighted by molar-refractivity contribution is -0.118. The van der Waals surface area contributed by atoms with Crippen LogP contribution in [0.5, 0.6) is 0 Å². The molecule has 5 nitrogen and oxygen atoms in total. The van der Waals surface area contributed by atoms with Gasteiger partial charge in [0.05, 0.1) is 12.8 Å². The average molecular weight is 214 g/mol. The van der Waals surface area contributed by atoms with Crippen LogP contribution in [-0.4, -0.2) is 25.7 Å². The molecule has 0 N–H and O–H groups in total. The summed E-state index contributed by atoms with van der Waals surface area (Å²) in [6, 6.07) is 3.43. The molecule has 0 unspecified atom stereocenters. The predicted molar refractivity (Wildman–Crippen MR) is 56.5 cm³/mol.